The lowest BCUT2D eigenvalue weighted by molar-refractivity contribution is -1.02. The lowest BCUT2D eigenvalue weighted by Crippen LogP contribution is -3.29. The van der Waals surface area contributed by atoms with Crippen molar-refractivity contribution in [3.63, 3.8) is 0 Å². The largest absolute Gasteiger partial charge is 0.497 e. The maximum Gasteiger partial charge on any atom is 0.282 e. The van der Waals surface area contributed by atoms with Crippen molar-refractivity contribution in [3.8, 4) is 11.5 Å². The summed E-state index contributed by atoms with van der Waals surface area (Å²) < 4.78 is 10.9. The van der Waals surface area contributed by atoms with Gasteiger partial charge in [-0.3, -0.25) is 4.79 Å². The van der Waals surface area contributed by atoms with E-state index in [0.717, 1.165) is 61.0 Å². The van der Waals surface area contributed by atoms with Gasteiger partial charge >= 0.3 is 0 Å². The van der Waals surface area contributed by atoms with Crippen LogP contribution in [0.3, 0.4) is 0 Å². The Labute approximate surface area is 173 Å². The number of anilines is 1. The fourth-order valence-electron chi connectivity index (χ4n) is 3.96. The van der Waals surface area contributed by atoms with Crippen LogP contribution < -0.4 is 24.6 Å². The number of hydrogen-bond donors (Lipinski definition) is 3. The van der Waals surface area contributed by atoms with Gasteiger partial charge in [-0.05, 0) is 43.7 Å². The average Bonchev–Trinajstić information content (AvgIpc) is 2.75. The average molecular weight is 400 g/mol. The zero-order valence-corrected chi connectivity index (χ0v) is 17.9. The van der Waals surface area contributed by atoms with Gasteiger partial charge in [-0.1, -0.05) is 18.2 Å². The van der Waals surface area contributed by atoms with Crippen LogP contribution in [0.4, 0.5) is 5.69 Å². The van der Waals surface area contributed by atoms with Gasteiger partial charge in [0.15, 0.2) is 6.04 Å². The van der Waals surface area contributed by atoms with E-state index in [1.165, 1.54) is 9.80 Å². The van der Waals surface area contributed by atoms with Crippen molar-refractivity contribution in [3.05, 3.63) is 53.6 Å². The summed E-state index contributed by atoms with van der Waals surface area (Å²) in [5, 5.41) is 3.09. The second kappa shape index (κ2) is 9.76. The molecule has 6 nitrogen and oxygen atoms in total. The molecular formula is C23H33N3O3+2. The molecule has 1 atom stereocenters. The van der Waals surface area contributed by atoms with Crippen molar-refractivity contribution in [2.75, 3.05) is 45.7 Å². The van der Waals surface area contributed by atoms with Gasteiger partial charge in [0, 0.05) is 5.69 Å². The summed E-state index contributed by atoms with van der Waals surface area (Å²) in [6, 6.07) is 13.8. The smallest absolute Gasteiger partial charge is 0.282 e. The fourth-order valence-corrected chi connectivity index (χ4v) is 3.96. The standard InChI is InChI=1S/C23H31N3O3/c1-17-7-5-6-8-21(17)24-23(27)18(2)26-13-11-25(12-14-26)16-19-15-20(28-3)9-10-22(19)29-4/h5-10,15,18H,11-14,16H2,1-4H3,(H,24,27)/p+2/t18-/m1/s1. The zero-order valence-electron chi connectivity index (χ0n) is 17.9. The minimum absolute atomic E-state index is 0.0671. The van der Waals surface area contributed by atoms with Crippen LogP contribution in [0, 0.1) is 6.92 Å². The van der Waals surface area contributed by atoms with E-state index in [4.69, 9.17) is 9.47 Å². The normalized spacial score (nSPS) is 20.0. The maximum atomic E-state index is 12.7. The number of hydrogen-bond acceptors (Lipinski definition) is 3. The first-order valence-corrected chi connectivity index (χ1v) is 10.3. The van der Waals surface area contributed by atoms with Crippen molar-refractivity contribution < 1.29 is 24.1 Å². The number of nitrogens with one attached hydrogen (secondary N) is 3. The minimum atomic E-state index is -0.0671. The number of para-hydroxylation sites is 1. The zero-order chi connectivity index (χ0) is 20.8. The van der Waals surface area contributed by atoms with E-state index in [9.17, 15) is 4.79 Å². The summed E-state index contributed by atoms with van der Waals surface area (Å²) in [5.74, 6) is 1.84. The molecule has 29 heavy (non-hydrogen) atoms. The maximum absolute atomic E-state index is 12.7. The van der Waals surface area contributed by atoms with E-state index < -0.39 is 0 Å². The molecule has 6 heteroatoms. The highest BCUT2D eigenvalue weighted by Gasteiger charge is 2.31. The molecule has 0 bridgehead atoms. The number of benzene rings is 2. The summed E-state index contributed by atoms with van der Waals surface area (Å²) in [5.41, 5.74) is 3.15. The van der Waals surface area contributed by atoms with Crippen LogP contribution in [0.5, 0.6) is 11.5 Å². The third-order valence-electron chi connectivity index (χ3n) is 5.94. The van der Waals surface area contributed by atoms with E-state index in [1.807, 2.05) is 50.2 Å². The van der Waals surface area contributed by atoms with E-state index in [1.54, 1.807) is 14.2 Å². The number of rotatable bonds is 7. The Morgan fingerprint density at radius 3 is 2.45 bits per heavy atom. The Balaban J connectivity index is 1.55. The van der Waals surface area contributed by atoms with Gasteiger partial charge in [0.05, 0.1) is 19.8 Å². The van der Waals surface area contributed by atoms with Gasteiger partial charge in [0.25, 0.3) is 5.91 Å². The number of piperazine rings is 1. The fraction of sp³-hybridized carbons (Fsp3) is 0.435. The van der Waals surface area contributed by atoms with Gasteiger partial charge < -0.3 is 24.6 Å². The third kappa shape index (κ3) is 5.28. The Kier molecular flexibility index (Phi) is 7.12. The second-order valence-corrected chi connectivity index (χ2v) is 7.79. The lowest BCUT2D eigenvalue weighted by Gasteiger charge is -2.33. The molecular weight excluding hydrogens is 366 g/mol. The van der Waals surface area contributed by atoms with Gasteiger partial charge in [-0.2, -0.15) is 0 Å². The van der Waals surface area contributed by atoms with Crippen LogP contribution in [0.25, 0.3) is 0 Å². The molecule has 0 aliphatic carbocycles. The quantitative estimate of drug-likeness (QED) is 0.629. The first kappa shape index (κ1) is 21.1. The van der Waals surface area contributed by atoms with Crippen molar-refractivity contribution in [2.24, 2.45) is 0 Å². The second-order valence-electron chi connectivity index (χ2n) is 7.79. The number of ether oxygens (including phenoxy) is 2. The SMILES string of the molecule is COc1ccc(OC)c(C[NH+]2CC[NH+]([C@H](C)C(=O)Nc3ccccc3C)CC2)c1. The molecule has 0 spiro atoms. The van der Waals surface area contributed by atoms with E-state index in [0.29, 0.717) is 0 Å². The summed E-state index contributed by atoms with van der Waals surface area (Å²) in [4.78, 5) is 15.6. The number of carbonyl (C=O) groups is 1. The Bertz CT molecular complexity index is 832. The number of carbonyl (C=O) groups excluding carboxylic acids is 1. The molecule has 0 unspecified atom stereocenters. The van der Waals surface area contributed by atoms with Crippen LogP contribution in [-0.2, 0) is 11.3 Å². The van der Waals surface area contributed by atoms with E-state index >= 15 is 0 Å². The van der Waals surface area contributed by atoms with Gasteiger partial charge in [-0.15, -0.1) is 0 Å². The molecule has 1 aliphatic rings. The first-order valence-electron chi connectivity index (χ1n) is 10.3. The van der Waals surface area contributed by atoms with Crippen LogP contribution >= 0.6 is 0 Å². The molecule has 1 amide bonds. The monoisotopic (exact) mass is 399 g/mol. The number of quaternary nitrogens is 2. The molecule has 0 saturated carbocycles. The summed E-state index contributed by atoms with van der Waals surface area (Å²) in [7, 11) is 3.39. The molecule has 3 rings (SSSR count). The highest BCUT2D eigenvalue weighted by atomic mass is 16.5. The van der Waals surface area contributed by atoms with Gasteiger partial charge in [-0.25, -0.2) is 0 Å². The minimum Gasteiger partial charge on any atom is -0.497 e. The number of methoxy groups -OCH3 is 2. The molecule has 156 valence electrons. The van der Waals surface area contributed by atoms with Crippen LogP contribution in [0.1, 0.15) is 18.1 Å². The van der Waals surface area contributed by atoms with Gasteiger partial charge in [0.2, 0.25) is 0 Å². The van der Waals surface area contributed by atoms with Crippen molar-refractivity contribution >= 4 is 11.6 Å². The Morgan fingerprint density at radius 1 is 1.07 bits per heavy atom. The molecule has 3 N–H and O–H groups in total. The number of amides is 1. The molecule has 1 aliphatic heterocycles. The summed E-state index contributed by atoms with van der Waals surface area (Å²) in [6.45, 7) is 8.95. The first-order chi connectivity index (χ1) is 14.0. The lowest BCUT2D eigenvalue weighted by atomic mass is 10.1. The van der Waals surface area contributed by atoms with Crippen LogP contribution in [-0.4, -0.2) is 52.3 Å². The highest BCUT2D eigenvalue weighted by molar-refractivity contribution is 5.94. The molecule has 1 heterocycles. The molecule has 0 radical (unpaired) electrons. The summed E-state index contributed by atoms with van der Waals surface area (Å²) in [6.07, 6.45) is 0. The summed E-state index contributed by atoms with van der Waals surface area (Å²) >= 11 is 0. The van der Waals surface area contributed by atoms with Crippen LogP contribution in [0.2, 0.25) is 0 Å². The third-order valence-corrected chi connectivity index (χ3v) is 5.94. The number of aryl methyl sites for hydroxylation is 1. The van der Waals surface area contributed by atoms with E-state index in [2.05, 4.69) is 11.4 Å². The Morgan fingerprint density at radius 2 is 1.79 bits per heavy atom. The molecule has 0 aromatic heterocycles. The van der Waals surface area contributed by atoms with Crippen molar-refractivity contribution in [1.82, 2.24) is 0 Å². The predicted molar refractivity (Wildman–Crippen MR) is 114 cm³/mol. The van der Waals surface area contributed by atoms with E-state index in [-0.39, 0.29) is 11.9 Å². The predicted octanol–water partition coefficient (Wildman–Crippen LogP) is 0.323. The van der Waals surface area contributed by atoms with Crippen molar-refractivity contribution in [1.29, 1.82) is 0 Å². The molecule has 2 aromatic rings. The topological polar surface area (TPSA) is 56.4 Å². The molecule has 2 aromatic carbocycles. The van der Waals surface area contributed by atoms with Crippen molar-refractivity contribution in [2.45, 2.75) is 26.4 Å². The Hall–Kier alpha value is -2.57. The highest BCUT2D eigenvalue weighted by Crippen LogP contribution is 2.23. The molecule has 1 saturated heterocycles. The molecule has 1 fully saturated rings. The van der Waals surface area contributed by atoms with Gasteiger partial charge in [0.1, 0.15) is 44.2 Å². The van der Waals surface area contributed by atoms with Crippen LogP contribution in [0.15, 0.2) is 42.5 Å².